The van der Waals surface area contributed by atoms with Gasteiger partial charge in [-0.05, 0) is 52.6 Å². The Morgan fingerprint density at radius 1 is 0.882 bits per heavy atom. The standard InChI is InChI=1S/C16H15Br/c1-10-6-5-7-14(11(10)2)15-8-9-16(17)13(4)12(15)3/h5-9H,3-4H2,1-2H3. The van der Waals surface area contributed by atoms with Crippen LogP contribution >= 0.6 is 15.9 Å². The van der Waals surface area contributed by atoms with Crippen molar-refractivity contribution in [3.63, 3.8) is 0 Å². The van der Waals surface area contributed by atoms with Crippen molar-refractivity contribution in [1.82, 2.24) is 0 Å². The first-order valence-electron chi connectivity index (χ1n) is 5.55. The topological polar surface area (TPSA) is 0 Å². The lowest BCUT2D eigenvalue weighted by atomic mass is 9.95. The van der Waals surface area contributed by atoms with Gasteiger partial charge in [-0.2, -0.15) is 0 Å². The van der Waals surface area contributed by atoms with E-state index < -0.39 is 0 Å². The molecular formula is C16H15Br. The lowest BCUT2D eigenvalue weighted by molar-refractivity contribution is 1.33. The smallest absolute Gasteiger partial charge is 0.0247 e. The Bertz CT molecular complexity index is 669. The molecule has 0 aliphatic rings. The minimum atomic E-state index is 0.961. The molecule has 0 nitrogen and oxygen atoms in total. The molecule has 0 aromatic heterocycles. The first kappa shape index (κ1) is 12.1. The Labute approximate surface area is 110 Å². The van der Waals surface area contributed by atoms with Crippen molar-refractivity contribution in [1.29, 1.82) is 0 Å². The fraction of sp³-hybridized carbons (Fsp3) is 0.125. The average molecular weight is 287 g/mol. The van der Waals surface area contributed by atoms with Gasteiger partial charge in [-0.1, -0.05) is 53.4 Å². The monoisotopic (exact) mass is 286 g/mol. The van der Waals surface area contributed by atoms with Crippen molar-refractivity contribution in [2.24, 2.45) is 0 Å². The van der Waals surface area contributed by atoms with Crippen LogP contribution in [0.25, 0.3) is 24.3 Å². The predicted molar refractivity (Wildman–Crippen MR) is 79.3 cm³/mol. The highest BCUT2D eigenvalue weighted by Crippen LogP contribution is 2.22. The summed E-state index contributed by atoms with van der Waals surface area (Å²) in [4.78, 5) is 0. The fourth-order valence-electron chi connectivity index (χ4n) is 1.96. The van der Waals surface area contributed by atoms with Gasteiger partial charge >= 0.3 is 0 Å². The van der Waals surface area contributed by atoms with Crippen LogP contribution in [0.15, 0.2) is 34.8 Å². The number of halogens is 1. The van der Waals surface area contributed by atoms with Gasteiger partial charge in [0.25, 0.3) is 0 Å². The zero-order valence-electron chi connectivity index (χ0n) is 10.2. The second-order valence-electron chi connectivity index (χ2n) is 4.30. The van der Waals surface area contributed by atoms with Crippen molar-refractivity contribution in [2.75, 3.05) is 0 Å². The van der Waals surface area contributed by atoms with E-state index in [1.807, 2.05) is 6.07 Å². The van der Waals surface area contributed by atoms with Crippen LogP contribution in [-0.2, 0) is 0 Å². The molecule has 0 spiro atoms. The summed E-state index contributed by atoms with van der Waals surface area (Å²) in [6.45, 7) is 12.5. The number of rotatable bonds is 1. The minimum Gasteiger partial charge on any atom is -0.0905 e. The van der Waals surface area contributed by atoms with Crippen LogP contribution < -0.4 is 10.4 Å². The summed E-state index contributed by atoms with van der Waals surface area (Å²) in [6.07, 6.45) is 0. The van der Waals surface area contributed by atoms with Gasteiger partial charge in [-0.25, -0.2) is 0 Å². The second-order valence-corrected chi connectivity index (χ2v) is 5.15. The van der Waals surface area contributed by atoms with Crippen molar-refractivity contribution in [3.8, 4) is 11.1 Å². The molecule has 0 radical (unpaired) electrons. The normalized spacial score (nSPS) is 10.5. The molecule has 0 amide bonds. The maximum atomic E-state index is 4.14. The molecule has 0 bridgehead atoms. The summed E-state index contributed by atoms with van der Waals surface area (Å²) < 4.78 is 1.01. The van der Waals surface area contributed by atoms with Crippen molar-refractivity contribution in [3.05, 3.63) is 56.4 Å². The quantitative estimate of drug-likeness (QED) is 0.752. The largest absolute Gasteiger partial charge is 0.0905 e. The van der Waals surface area contributed by atoms with Crippen LogP contribution in [0.4, 0.5) is 0 Å². The van der Waals surface area contributed by atoms with Gasteiger partial charge in [-0.15, -0.1) is 0 Å². The zero-order chi connectivity index (χ0) is 12.6. The van der Waals surface area contributed by atoms with Crippen LogP contribution in [0.3, 0.4) is 0 Å². The van der Waals surface area contributed by atoms with E-state index in [1.54, 1.807) is 0 Å². The molecule has 0 fully saturated rings. The van der Waals surface area contributed by atoms with Gasteiger partial charge in [0.15, 0.2) is 0 Å². The first-order chi connectivity index (χ1) is 8.02. The Kier molecular flexibility index (Phi) is 3.21. The summed E-state index contributed by atoms with van der Waals surface area (Å²) in [6, 6.07) is 10.5. The SMILES string of the molecule is C=c1c(Br)ccc(-c2cccc(C)c2C)c1=C. The lowest BCUT2D eigenvalue weighted by Gasteiger charge is -2.10. The van der Waals surface area contributed by atoms with Gasteiger partial charge in [0.2, 0.25) is 0 Å². The number of benzene rings is 2. The third-order valence-corrected chi connectivity index (χ3v) is 4.01. The van der Waals surface area contributed by atoms with Crippen LogP contribution in [0, 0.1) is 13.8 Å². The summed E-state index contributed by atoms with van der Waals surface area (Å²) in [5.41, 5.74) is 5.02. The summed E-state index contributed by atoms with van der Waals surface area (Å²) >= 11 is 3.48. The van der Waals surface area contributed by atoms with E-state index in [0.29, 0.717) is 0 Å². The van der Waals surface area contributed by atoms with E-state index in [0.717, 1.165) is 14.9 Å². The van der Waals surface area contributed by atoms with Crippen molar-refractivity contribution >= 4 is 29.1 Å². The van der Waals surface area contributed by atoms with Crippen LogP contribution in [0.1, 0.15) is 11.1 Å². The van der Waals surface area contributed by atoms with E-state index in [1.165, 1.54) is 22.3 Å². The molecule has 1 heteroatoms. The number of hydrogen-bond acceptors (Lipinski definition) is 0. The van der Waals surface area contributed by atoms with Gasteiger partial charge in [-0.3, -0.25) is 0 Å². The van der Waals surface area contributed by atoms with Crippen LogP contribution in [-0.4, -0.2) is 0 Å². The highest BCUT2D eigenvalue weighted by atomic mass is 79.9. The van der Waals surface area contributed by atoms with Gasteiger partial charge < -0.3 is 0 Å². The Morgan fingerprint density at radius 2 is 1.59 bits per heavy atom. The molecule has 0 aliphatic heterocycles. The Balaban J connectivity index is 2.79. The molecule has 2 rings (SSSR count). The first-order valence-corrected chi connectivity index (χ1v) is 6.34. The summed E-state index contributed by atoms with van der Waals surface area (Å²) in [5.74, 6) is 0. The predicted octanol–water partition coefficient (Wildman–Crippen LogP) is 3.55. The van der Waals surface area contributed by atoms with Crippen molar-refractivity contribution in [2.45, 2.75) is 13.8 Å². The van der Waals surface area contributed by atoms with E-state index in [4.69, 9.17) is 0 Å². The van der Waals surface area contributed by atoms with E-state index in [2.05, 4.69) is 67.2 Å². The molecule has 17 heavy (non-hydrogen) atoms. The third-order valence-electron chi connectivity index (χ3n) is 3.27. The molecule has 0 heterocycles. The molecule has 86 valence electrons. The number of hydrogen-bond donors (Lipinski definition) is 0. The van der Waals surface area contributed by atoms with Crippen LogP contribution in [0.2, 0.25) is 0 Å². The maximum absolute atomic E-state index is 4.14. The lowest BCUT2D eigenvalue weighted by Crippen LogP contribution is -2.25. The minimum absolute atomic E-state index is 0.961. The summed E-state index contributed by atoms with van der Waals surface area (Å²) in [7, 11) is 0. The second kappa shape index (κ2) is 4.50. The molecule has 0 saturated carbocycles. The van der Waals surface area contributed by atoms with Crippen LogP contribution in [0.5, 0.6) is 0 Å². The highest BCUT2D eigenvalue weighted by Gasteiger charge is 2.05. The van der Waals surface area contributed by atoms with Gasteiger partial charge in [0, 0.05) is 4.47 Å². The van der Waals surface area contributed by atoms with Gasteiger partial charge in [0.05, 0.1) is 0 Å². The Hall–Kier alpha value is -1.34. The van der Waals surface area contributed by atoms with E-state index in [9.17, 15) is 0 Å². The van der Waals surface area contributed by atoms with Gasteiger partial charge in [0.1, 0.15) is 0 Å². The highest BCUT2D eigenvalue weighted by molar-refractivity contribution is 9.10. The van der Waals surface area contributed by atoms with E-state index in [-0.39, 0.29) is 0 Å². The maximum Gasteiger partial charge on any atom is 0.0247 e. The van der Waals surface area contributed by atoms with E-state index >= 15 is 0 Å². The summed E-state index contributed by atoms with van der Waals surface area (Å²) in [5, 5.41) is 1.96. The van der Waals surface area contributed by atoms with Crippen molar-refractivity contribution < 1.29 is 0 Å². The molecule has 0 N–H and O–H groups in total. The molecule has 2 aromatic carbocycles. The molecular weight excluding hydrogens is 272 g/mol. The molecule has 0 saturated heterocycles. The number of aryl methyl sites for hydroxylation is 1. The average Bonchev–Trinajstić information content (AvgIpc) is 2.31. The third kappa shape index (κ3) is 2.07. The zero-order valence-corrected chi connectivity index (χ0v) is 11.8. The molecule has 0 atom stereocenters. The molecule has 0 unspecified atom stereocenters. The fourth-order valence-corrected chi connectivity index (χ4v) is 2.33. The molecule has 0 aliphatic carbocycles. The Morgan fingerprint density at radius 3 is 2.29 bits per heavy atom. The molecule has 2 aromatic rings.